The Hall–Kier alpha value is -3.09. The molecule has 29 heavy (non-hydrogen) atoms. The zero-order valence-corrected chi connectivity index (χ0v) is 17.1. The number of rotatable bonds is 6. The molecule has 3 rings (SSSR count). The van der Waals surface area contributed by atoms with Crippen LogP contribution >= 0.6 is 0 Å². The maximum absolute atomic E-state index is 12.4. The Morgan fingerprint density at radius 1 is 1.07 bits per heavy atom. The van der Waals surface area contributed by atoms with Gasteiger partial charge in [0.15, 0.2) is 11.9 Å². The Morgan fingerprint density at radius 2 is 1.72 bits per heavy atom. The number of amides is 1. The Labute approximate surface area is 170 Å². The van der Waals surface area contributed by atoms with E-state index in [2.05, 4.69) is 10.2 Å². The van der Waals surface area contributed by atoms with Crippen LogP contribution in [0.25, 0.3) is 0 Å². The minimum Gasteiger partial charge on any atom is -0.448 e. The van der Waals surface area contributed by atoms with Gasteiger partial charge in [0.2, 0.25) is 0 Å². The number of nitrogens with one attached hydrogen (secondary N) is 1. The fourth-order valence-electron chi connectivity index (χ4n) is 3.39. The molecule has 1 atom stereocenters. The van der Waals surface area contributed by atoms with Gasteiger partial charge in [-0.25, -0.2) is 4.79 Å². The van der Waals surface area contributed by atoms with Crippen molar-refractivity contribution in [1.29, 1.82) is 0 Å². The third kappa shape index (κ3) is 5.04. The van der Waals surface area contributed by atoms with Gasteiger partial charge >= 0.3 is 5.97 Å². The maximum Gasteiger partial charge on any atom is 0.355 e. The van der Waals surface area contributed by atoms with Gasteiger partial charge < -0.3 is 19.5 Å². The van der Waals surface area contributed by atoms with Crippen molar-refractivity contribution < 1.29 is 19.1 Å². The van der Waals surface area contributed by atoms with E-state index < -0.39 is 18.0 Å². The molecule has 0 radical (unpaired) electrons. The molecule has 1 aliphatic rings. The second-order valence-electron chi connectivity index (χ2n) is 7.41. The van der Waals surface area contributed by atoms with Crippen molar-refractivity contribution >= 4 is 29.0 Å². The molecule has 2 aromatic rings. The van der Waals surface area contributed by atoms with Crippen LogP contribution in [0.4, 0.5) is 11.4 Å². The van der Waals surface area contributed by atoms with Crippen molar-refractivity contribution in [2.75, 3.05) is 23.3 Å². The number of carbonyl (C=O) groups is 3. The van der Waals surface area contributed by atoms with Gasteiger partial charge in [-0.2, -0.15) is 0 Å². The highest BCUT2D eigenvalue weighted by atomic mass is 16.5. The number of piperidine rings is 1. The van der Waals surface area contributed by atoms with Gasteiger partial charge in [0.1, 0.15) is 5.69 Å². The van der Waals surface area contributed by atoms with E-state index in [1.54, 1.807) is 13.2 Å². The third-order valence-corrected chi connectivity index (χ3v) is 5.13. The minimum absolute atomic E-state index is 0.140. The Morgan fingerprint density at radius 3 is 2.31 bits per heavy atom. The molecule has 0 bridgehead atoms. The molecule has 1 N–H and O–H groups in total. The molecule has 154 valence electrons. The summed E-state index contributed by atoms with van der Waals surface area (Å²) < 4.78 is 6.79. The Bertz CT molecular complexity index is 895. The van der Waals surface area contributed by atoms with Crippen LogP contribution in [0.5, 0.6) is 0 Å². The quantitative estimate of drug-likeness (QED) is 0.597. The predicted octanol–water partition coefficient (Wildman–Crippen LogP) is 3.40. The lowest BCUT2D eigenvalue weighted by molar-refractivity contribution is -0.123. The number of benzene rings is 1. The third-order valence-electron chi connectivity index (χ3n) is 5.13. The van der Waals surface area contributed by atoms with Crippen molar-refractivity contribution in [1.82, 2.24) is 4.57 Å². The molecule has 1 fully saturated rings. The van der Waals surface area contributed by atoms with Gasteiger partial charge in [-0.1, -0.05) is 0 Å². The first-order valence-electron chi connectivity index (χ1n) is 9.89. The molecule has 1 saturated heterocycles. The van der Waals surface area contributed by atoms with Crippen LogP contribution in [-0.4, -0.2) is 41.4 Å². The minimum atomic E-state index is -0.972. The second-order valence-corrected chi connectivity index (χ2v) is 7.41. The fourth-order valence-corrected chi connectivity index (χ4v) is 3.39. The van der Waals surface area contributed by atoms with E-state index in [9.17, 15) is 14.4 Å². The molecule has 0 spiro atoms. The summed E-state index contributed by atoms with van der Waals surface area (Å²) in [6.07, 6.45) is 4.28. The Balaban J connectivity index is 1.57. The van der Waals surface area contributed by atoms with Crippen LogP contribution in [0.3, 0.4) is 0 Å². The van der Waals surface area contributed by atoms with Gasteiger partial charge in [0, 0.05) is 43.3 Å². The molecule has 0 aliphatic carbocycles. The van der Waals surface area contributed by atoms with Gasteiger partial charge in [0.05, 0.1) is 0 Å². The number of hydrogen-bond donors (Lipinski definition) is 1. The summed E-state index contributed by atoms with van der Waals surface area (Å²) in [5, 5.41) is 2.77. The first-order valence-corrected chi connectivity index (χ1v) is 9.89. The summed E-state index contributed by atoms with van der Waals surface area (Å²) >= 11 is 0. The van der Waals surface area contributed by atoms with Gasteiger partial charge in [-0.3, -0.25) is 9.59 Å². The number of Topliss-reactive ketones (excluding diaryl/α,β-unsaturated/α-hetero) is 1. The molecule has 7 nitrogen and oxygen atoms in total. The van der Waals surface area contributed by atoms with Crippen LogP contribution in [0.2, 0.25) is 0 Å². The molecule has 2 heterocycles. The van der Waals surface area contributed by atoms with Crippen LogP contribution in [0.15, 0.2) is 36.5 Å². The lowest BCUT2D eigenvalue weighted by atomic mass is 10.1. The zero-order chi connectivity index (χ0) is 21.0. The zero-order valence-electron chi connectivity index (χ0n) is 17.1. The van der Waals surface area contributed by atoms with E-state index in [1.165, 1.54) is 43.7 Å². The summed E-state index contributed by atoms with van der Waals surface area (Å²) in [6.45, 7) is 5.06. The fraction of sp³-hybridized carbons (Fsp3) is 0.409. The molecule has 7 heteroatoms. The van der Waals surface area contributed by atoms with E-state index in [1.807, 2.05) is 24.3 Å². The normalized spacial score (nSPS) is 14.9. The second kappa shape index (κ2) is 8.94. The molecule has 1 aromatic heterocycles. The van der Waals surface area contributed by atoms with Crippen LogP contribution in [0.1, 0.15) is 54.0 Å². The number of ketones is 1. The smallest absolute Gasteiger partial charge is 0.355 e. The van der Waals surface area contributed by atoms with E-state index >= 15 is 0 Å². The van der Waals surface area contributed by atoms with E-state index in [0.717, 1.165) is 18.8 Å². The van der Waals surface area contributed by atoms with E-state index in [4.69, 9.17) is 4.74 Å². The predicted molar refractivity (Wildman–Crippen MR) is 111 cm³/mol. The lowest BCUT2D eigenvalue weighted by Gasteiger charge is -2.28. The maximum atomic E-state index is 12.4. The molecular formula is C22H27N3O4. The highest BCUT2D eigenvalue weighted by Crippen LogP contribution is 2.22. The van der Waals surface area contributed by atoms with E-state index in [-0.39, 0.29) is 11.5 Å². The number of carbonyl (C=O) groups excluding carboxylic acids is 3. The molecule has 0 saturated carbocycles. The number of esters is 1. The highest BCUT2D eigenvalue weighted by Gasteiger charge is 2.22. The number of aromatic nitrogens is 1. The van der Waals surface area contributed by atoms with Crippen molar-refractivity contribution in [3.8, 4) is 0 Å². The number of aryl methyl sites for hydroxylation is 1. The first-order chi connectivity index (χ1) is 13.8. The average Bonchev–Trinajstić information content (AvgIpc) is 3.11. The molecular weight excluding hydrogens is 370 g/mol. The number of hydrogen-bond acceptors (Lipinski definition) is 5. The van der Waals surface area contributed by atoms with Gasteiger partial charge in [-0.05, 0) is 63.4 Å². The largest absolute Gasteiger partial charge is 0.448 e. The Kier molecular flexibility index (Phi) is 6.36. The van der Waals surface area contributed by atoms with Crippen molar-refractivity contribution in [2.24, 2.45) is 7.05 Å². The van der Waals surface area contributed by atoms with Gasteiger partial charge in [0.25, 0.3) is 5.91 Å². The van der Waals surface area contributed by atoms with Crippen molar-refractivity contribution in [3.63, 3.8) is 0 Å². The molecule has 1 aromatic carbocycles. The molecule has 0 unspecified atom stereocenters. The number of anilines is 2. The summed E-state index contributed by atoms with van der Waals surface area (Å²) in [5.74, 6) is -1.20. The summed E-state index contributed by atoms with van der Waals surface area (Å²) in [4.78, 5) is 38.6. The van der Waals surface area contributed by atoms with Crippen LogP contribution in [-0.2, 0) is 16.6 Å². The standard InChI is InChI=1S/C22H27N3O4/c1-15(26)17-13-20(24(3)14-17)22(28)29-16(2)21(27)23-18-7-9-19(10-8-18)25-11-5-4-6-12-25/h7-10,13-14,16H,4-6,11-12H2,1-3H3,(H,23,27)/t16-/m0/s1. The number of nitrogens with zero attached hydrogens (tertiary/aromatic N) is 2. The molecule has 1 amide bonds. The van der Waals surface area contributed by atoms with Crippen LogP contribution in [0, 0.1) is 0 Å². The topological polar surface area (TPSA) is 80.6 Å². The first kappa shape index (κ1) is 20.6. The average molecular weight is 397 g/mol. The summed E-state index contributed by atoms with van der Waals surface area (Å²) in [7, 11) is 1.65. The summed E-state index contributed by atoms with van der Waals surface area (Å²) in [5.41, 5.74) is 2.44. The highest BCUT2D eigenvalue weighted by molar-refractivity contribution is 5.99. The monoisotopic (exact) mass is 397 g/mol. The summed E-state index contributed by atoms with van der Waals surface area (Å²) in [6, 6.07) is 9.16. The SMILES string of the molecule is CC(=O)c1cc(C(=O)O[C@@H](C)C(=O)Nc2ccc(N3CCCCC3)cc2)n(C)c1. The van der Waals surface area contributed by atoms with Crippen molar-refractivity contribution in [2.45, 2.75) is 39.2 Å². The van der Waals surface area contributed by atoms with Gasteiger partial charge in [-0.15, -0.1) is 0 Å². The van der Waals surface area contributed by atoms with Crippen molar-refractivity contribution in [3.05, 3.63) is 47.8 Å². The van der Waals surface area contributed by atoms with Crippen LogP contribution < -0.4 is 10.2 Å². The molecule has 1 aliphatic heterocycles. The number of ether oxygens (including phenoxy) is 1. The van der Waals surface area contributed by atoms with E-state index in [0.29, 0.717) is 11.3 Å². The lowest BCUT2D eigenvalue weighted by Crippen LogP contribution is -2.30.